The molecule has 4 nitrogen and oxygen atoms in total. The standard InChI is InChI=1S/C30H16N2O2S2/c33-29-21-7-3-1-5-19(21)15-27-31(29)23-11-9-17(13-25(23)35-27)18-10-12-24-26(14-18)36-28-16-20-6-2-4-8-22(20)30(34)32(24)28/h1-16H. The zero-order valence-corrected chi connectivity index (χ0v) is 20.4. The van der Waals surface area contributed by atoms with Gasteiger partial charge in [0.2, 0.25) is 0 Å². The molecule has 0 saturated carbocycles. The van der Waals surface area contributed by atoms with Gasteiger partial charge in [0.25, 0.3) is 11.1 Å². The molecule has 4 heterocycles. The molecule has 0 N–H and O–H groups in total. The molecule has 0 spiro atoms. The Labute approximate surface area is 211 Å². The first-order chi connectivity index (χ1) is 17.7. The number of fused-ring (bicyclic) bond motifs is 8. The van der Waals surface area contributed by atoms with Crippen LogP contribution in [0.25, 0.3) is 62.8 Å². The van der Waals surface area contributed by atoms with Gasteiger partial charge in [0.1, 0.15) is 9.66 Å². The van der Waals surface area contributed by atoms with Crippen molar-refractivity contribution in [2.75, 3.05) is 0 Å². The van der Waals surface area contributed by atoms with Gasteiger partial charge >= 0.3 is 0 Å². The summed E-state index contributed by atoms with van der Waals surface area (Å²) in [5, 5.41) is 3.40. The lowest BCUT2D eigenvalue weighted by Gasteiger charge is -2.04. The van der Waals surface area contributed by atoms with Gasteiger partial charge in [-0.2, -0.15) is 0 Å². The normalized spacial score (nSPS) is 12.1. The van der Waals surface area contributed by atoms with E-state index in [-0.39, 0.29) is 11.1 Å². The van der Waals surface area contributed by atoms with Crippen LogP contribution >= 0.6 is 22.7 Å². The zero-order chi connectivity index (χ0) is 24.0. The Bertz CT molecular complexity index is 2150. The lowest BCUT2D eigenvalue weighted by molar-refractivity contribution is 1.20. The Hall–Kier alpha value is -4.26. The molecule has 8 aromatic rings. The van der Waals surface area contributed by atoms with Crippen LogP contribution in [-0.4, -0.2) is 8.80 Å². The van der Waals surface area contributed by atoms with Crippen molar-refractivity contribution >= 4 is 74.3 Å². The second kappa shape index (κ2) is 7.13. The van der Waals surface area contributed by atoms with Crippen LogP contribution in [0.5, 0.6) is 0 Å². The van der Waals surface area contributed by atoms with Crippen LogP contribution in [0.15, 0.2) is 107 Å². The molecule has 0 aliphatic heterocycles. The molecule has 0 bridgehead atoms. The second-order valence-corrected chi connectivity index (χ2v) is 11.1. The molecule has 36 heavy (non-hydrogen) atoms. The van der Waals surface area contributed by atoms with E-state index in [4.69, 9.17) is 0 Å². The van der Waals surface area contributed by atoms with Crippen LogP contribution in [0.3, 0.4) is 0 Å². The zero-order valence-electron chi connectivity index (χ0n) is 18.8. The maximum Gasteiger partial charge on any atom is 0.264 e. The highest BCUT2D eigenvalue weighted by molar-refractivity contribution is 7.24. The molecule has 0 fully saturated rings. The van der Waals surface area contributed by atoms with E-state index in [0.29, 0.717) is 0 Å². The Morgan fingerprint density at radius 3 is 1.42 bits per heavy atom. The molecule has 170 valence electrons. The van der Waals surface area contributed by atoms with Crippen LogP contribution < -0.4 is 11.1 Å². The molecule has 0 aliphatic carbocycles. The van der Waals surface area contributed by atoms with Gasteiger partial charge in [0.15, 0.2) is 0 Å². The molecule has 0 atom stereocenters. The number of aromatic nitrogens is 2. The van der Waals surface area contributed by atoms with Crippen molar-refractivity contribution in [3.63, 3.8) is 0 Å². The smallest absolute Gasteiger partial charge is 0.264 e. The highest BCUT2D eigenvalue weighted by atomic mass is 32.1. The fourth-order valence-corrected chi connectivity index (χ4v) is 7.49. The fraction of sp³-hybridized carbons (Fsp3) is 0. The number of benzene rings is 4. The van der Waals surface area contributed by atoms with E-state index in [1.807, 2.05) is 69.5 Å². The number of thiazole rings is 2. The van der Waals surface area contributed by atoms with E-state index in [2.05, 4.69) is 36.4 Å². The summed E-state index contributed by atoms with van der Waals surface area (Å²) in [5.74, 6) is 0. The van der Waals surface area contributed by atoms with Gasteiger partial charge in [0, 0.05) is 10.8 Å². The van der Waals surface area contributed by atoms with Crippen molar-refractivity contribution in [2.24, 2.45) is 0 Å². The fourth-order valence-electron chi connectivity index (χ4n) is 5.22. The minimum Gasteiger partial charge on any atom is -0.268 e. The van der Waals surface area contributed by atoms with E-state index >= 15 is 0 Å². The van der Waals surface area contributed by atoms with Gasteiger partial charge in [-0.1, -0.05) is 48.5 Å². The first-order valence-corrected chi connectivity index (χ1v) is 13.2. The molecule has 6 heteroatoms. The lowest BCUT2D eigenvalue weighted by atomic mass is 10.1. The number of hydrogen-bond acceptors (Lipinski definition) is 4. The van der Waals surface area contributed by atoms with Crippen molar-refractivity contribution in [3.8, 4) is 11.1 Å². The van der Waals surface area contributed by atoms with Crippen molar-refractivity contribution in [1.29, 1.82) is 0 Å². The van der Waals surface area contributed by atoms with Crippen LogP contribution in [-0.2, 0) is 0 Å². The lowest BCUT2D eigenvalue weighted by Crippen LogP contribution is -2.11. The highest BCUT2D eigenvalue weighted by Gasteiger charge is 2.13. The maximum atomic E-state index is 13.2. The molecule has 8 rings (SSSR count). The molecular weight excluding hydrogens is 484 g/mol. The van der Waals surface area contributed by atoms with E-state index in [1.165, 1.54) is 0 Å². The average Bonchev–Trinajstić information content (AvgIpc) is 3.46. The van der Waals surface area contributed by atoms with Crippen molar-refractivity contribution in [1.82, 2.24) is 8.80 Å². The quantitative estimate of drug-likeness (QED) is 0.237. The number of hydrogen-bond donors (Lipinski definition) is 0. The summed E-state index contributed by atoms with van der Waals surface area (Å²) in [6.07, 6.45) is 0. The second-order valence-electron chi connectivity index (χ2n) is 8.99. The monoisotopic (exact) mass is 500 g/mol. The molecular formula is C30H16N2O2S2. The minimum absolute atomic E-state index is 0.0200. The van der Waals surface area contributed by atoms with Gasteiger partial charge < -0.3 is 0 Å². The van der Waals surface area contributed by atoms with Gasteiger partial charge in [0.05, 0.1) is 20.4 Å². The first kappa shape index (κ1) is 20.0. The Balaban J connectivity index is 1.34. The van der Waals surface area contributed by atoms with Crippen LogP contribution in [0, 0.1) is 0 Å². The van der Waals surface area contributed by atoms with Crippen molar-refractivity contribution in [3.05, 3.63) is 118 Å². The van der Waals surface area contributed by atoms with Gasteiger partial charge in [-0.25, -0.2) is 0 Å². The largest absolute Gasteiger partial charge is 0.268 e. The average molecular weight is 501 g/mol. The first-order valence-electron chi connectivity index (χ1n) is 11.6. The molecule has 0 aliphatic rings. The molecule has 4 aromatic carbocycles. The van der Waals surface area contributed by atoms with E-state index in [0.717, 1.165) is 62.8 Å². The van der Waals surface area contributed by atoms with Crippen molar-refractivity contribution < 1.29 is 0 Å². The SMILES string of the molecule is O=c1c2ccccc2cc2sc3cc(-c4ccc5c(c4)sc4cc6ccccc6c(=O)n45)ccc3n12. The predicted octanol–water partition coefficient (Wildman–Crippen LogP) is 7.32. The van der Waals surface area contributed by atoms with Crippen LogP contribution in [0.4, 0.5) is 0 Å². The Morgan fingerprint density at radius 2 is 0.944 bits per heavy atom. The third kappa shape index (κ3) is 2.68. The molecule has 0 saturated heterocycles. The number of nitrogens with zero attached hydrogens (tertiary/aromatic N) is 2. The van der Waals surface area contributed by atoms with Gasteiger partial charge in [-0.3, -0.25) is 18.4 Å². The summed E-state index contributed by atoms with van der Waals surface area (Å²) < 4.78 is 5.77. The summed E-state index contributed by atoms with van der Waals surface area (Å²) in [5.41, 5.74) is 4.07. The number of rotatable bonds is 1. The highest BCUT2D eigenvalue weighted by Crippen LogP contribution is 2.34. The Kier molecular flexibility index (Phi) is 3.96. The topological polar surface area (TPSA) is 43.0 Å². The summed E-state index contributed by atoms with van der Waals surface area (Å²) in [4.78, 5) is 28.3. The van der Waals surface area contributed by atoms with Gasteiger partial charge in [-0.05, 0) is 70.4 Å². The summed E-state index contributed by atoms with van der Waals surface area (Å²) in [6, 6.07) is 32.2. The van der Waals surface area contributed by atoms with E-state index in [1.54, 1.807) is 22.7 Å². The van der Waals surface area contributed by atoms with E-state index in [9.17, 15) is 9.59 Å². The van der Waals surface area contributed by atoms with Crippen molar-refractivity contribution in [2.45, 2.75) is 0 Å². The Morgan fingerprint density at radius 1 is 0.500 bits per heavy atom. The summed E-state index contributed by atoms with van der Waals surface area (Å²) >= 11 is 3.26. The maximum absolute atomic E-state index is 13.2. The molecule has 0 amide bonds. The van der Waals surface area contributed by atoms with Crippen LogP contribution in [0.2, 0.25) is 0 Å². The predicted molar refractivity (Wildman–Crippen MR) is 152 cm³/mol. The number of pyridine rings is 2. The third-order valence-corrected chi connectivity index (χ3v) is 9.06. The minimum atomic E-state index is 0.0200. The van der Waals surface area contributed by atoms with Crippen LogP contribution in [0.1, 0.15) is 0 Å². The molecule has 0 unspecified atom stereocenters. The van der Waals surface area contributed by atoms with Gasteiger partial charge in [-0.15, -0.1) is 22.7 Å². The molecule has 0 radical (unpaired) electrons. The molecule has 4 aromatic heterocycles. The summed E-state index contributed by atoms with van der Waals surface area (Å²) in [6.45, 7) is 0. The van der Waals surface area contributed by atoms with E-state index < -0.39 is 0 Å². The summed E-state index contributed by atoms with van der Waals surface area (Å²) in [7, 11) is 0. The third-order valence-electron chi connectivity index (χ3n) is 6.95.